The Balaban J connectivity index is 1.83. The third-order valence-electron chi connectivity index (χ3n) is 4.17. The highest BCUT2D eigenvalue weighted by Gasteiger charge is 2.28. The molecule has 108 valence electrons. The fourth-order valence-electron chi connectivity index (χ4n) is 2.99. The lowest BCUT2D eigenvalue weighted by atomic mass is 10.1. The highest BCUT2D eigenvalue weighted by Crippen LogP contribution is 2.42. The molecule has 2 unspecified atom stereocenters. The van der Waals surface area contributed by atoms with E-state index in [9.17, 15) is 10.1 Å². The Hall–Kier alpha value is -1.98. The van der Waals surface area contributed by atoms with Gasteiger partial charge in [0.05, 0.1) is 11.0 Å². The molecule has 3 rings (SSSR count). The predicted molar refractivity (Wildman–Crippen MR) is 74.3 cm³/mol. The van der Waals surface area contributed by atoms with Crippen LogP contribution in [0.3, 0.4) is 0 Å². The largest absolute Gasteiger partial charge is 0.454 e. The topological polar surface area (TPSA) is 73.6 Å². The molecule has 6 heteroatoms. The number of fused-ring (bicyclic) bond motifs is 1. The summed E-state index contributed by atoms with van der Waals surface area (Å²) < 4.78 is 10.5. The minimum Gasteiger partial charge on any atom is -0.454 e. The van der Waals surface area contributed by atoms with Crippen molar-refractivity contribution in [2.45, 2.75) is 38.6 Å². The fourth-order valence-corrected chi connectivity index (χ4v) is 2.99. The number of ether oxygens (including phenoxy) is 2. The van der Waals surface area contributed by atoms with Crippen LogP contribution < -0.4 is 14.8 Å². The van der Waals surface area contributed by atoms with Gasteiger partial charge in [-0.15, -0.1) is 0 Å². The molecule has 0 amide bonds. The number of nitro benzene ring substituents is 1. The minimum absolute atomic E-state index is 0.0502. The Morgan fingerprint density at radius 3 is 2.75 bits per heavy atom. The van der Waals surface area contributed by atoms with Gasteiger partial charge >= 0.3 is 0 Å². The zero-order chi connectivity index (χ0) is 14.1. The van der Waals surface area contributed by atoms with Gasteiger partial charge in [0.1, 0.15) is 5.69 Å². The highest BCUT2D eigenvalue weighted by atomic mass is 16.7. The van der Waals surface area contributed by atoms with Crippen LogP contribution in [0.2, 0.25) is 0 Å². The highest BCUT2D eigenvalue weighted by molar-refractivity contribution is 5.69. The molecule has 1 aromatic rings. The standard InChI is InChI=1S/C14H18N2O4/c1-2-9-3-4-10(5-9)15-11-6-13-14(20-8-19-13)7-12(11)16(17)18/h6-7,9-10,15H,2-5,8H2,1H3. The Kier molecular flexibility index (Phi) is 3.38. The van der Waals surface area contributed by atoms with Gasteiger partial charge in [-0.1, -0.05) is 13.3 Å². The van der Waals surface area contributed by atoms with E-state index >= 15 is 0 Å². The maximum absolute atomic E-state index is 11.2. The average Bonchev–Trinajstić information content (AvgIpc) is 3.05. The van der Waals surface area contributed by atoms with Gasteiger partial charge in [-0.05, 0) is 25.2 Å². The molecule has 1 aliphatic heterocycles. The third kappa shape index (κ3) is 2.37. The van der Waals surface area contributed by atoms with Crippen LogP contribution in [0.1, 0.15) is 32.6 Å². The van der Waals surface area contributed by atoms with Gasteiger partial charge in [-0.3, -0.25) is 10.1 Å². The summed E-state index contributed by atoms with van der Waals surface area (Å²) in [7, 11) is 0. The fraction of sp³-hybridized carbons (Fsp3) is 0.571. The molecular weight excluding hydrogens is 260 g/mol. The van der Waals surface area contributed by atoms with Gasteiger partial charge in [-0.25, -0.2) is 0 Å². The first-order chi connectivity index (χ1) is 9.67. The molecule has 0 bridgehead atoms. The van der Waals surface area contributed by atoms with Gasteiger partial charge in [-0.2, -0.15) is 0 Å². The summed E-state index contributed by atoms with van der Waals surface area (Å²) in [5.74, 6) is 1.74. The molecule has 1 heterocycles. The Bertz CT molecular complexity index is 532. The SMILES string of the molecule is CCC1CCC(Nc2cc3c(cc2[N+](=O)[O-])OCO3)C1. The molecule has 0 radical (unpaired) electrons. The molecule has 2 atom stereocenters. The first-order valence-electron chi connectivity index (χ1n) is 7.02. The van der Waals surface area contributed by atoms with E-state index in [1.807, 2.05) is 0 Å². The lowest BCUT2D eigenvalue weighted by Gasteiger charge is -2.15. The van der Waals surface area contributed by atoms with Gasteiger partial charge < -0.3 is 14.8 Å². The van der Waals surface area contributed by atoms with Crippen molar-refractivity contribution in [2.75, 3.05) is 12.1 Å². The van der Waals surface area contributed by atoms with E-state index < -0.39 is 0 Å². The van der Waals surface area contributed by atoms with E-state index in [0.29, 0.717) is 23.2 Å². The van der Waals surface area contributed by atoms with Crippen LogP contribution in [0.4, 0.5) is 11.4 Å². The van der Waals surface area contributed by atoms with Crippen molar-refractivity contribution in [2.24, 2.45) is 5.92 Å². The van der Waals surface area contributed by atoms with Crippen LogP contribution >= 0.6 is 0 Å². The summed E-state index contributed by atoms with van der Waals surface area (Å²) in [4.78, 5) is 10.8. The predicted octanol–water partition coefficient (Wildman–Crippen LogP) is 3.31. The van der Waals surface area contributed by atoms with Crippen LogP contribution in [-0.2, 0) is 0 Å². The van der Waals surface area contributed by atoms with E-state index in [0.717, 1.165) is 18.8 Å². The minimum atomic E-state index is -0.378. The molecule has 1 fully saturated rings. The van der Waals surface area contributed by atoms with E-state index in [2.05, 4.69) is 12.2 Å². The van der Waals surface area contributed by atoms with Gasteiger partial charge in [0.15, 0.2) is 11.5 Å². The lowest BCUT2D eigenvalue weighted by Crippen LogP contribution is -2.16. The maximum atomic E-state index is 11.2. The summed E-state index contributed by atoms with van der Waals surface area (Å²) >= 11 is 0. The Morgan fingerprint density at radius 2 is 2.10 bits per heavy atom. The van der Waals surface area contributed by atoms with Crippen LogP contribution in [0.25, 0.3) is 0 Å². The quantitative estimate of drug-likeness (QED) is 0.675. The van der Waals surface area contributed by atoms with Crippen molar-refractivity contribution >= 4 is 11.4 Å². The maximum Gasteiger partial charge on any atom is 0.296 e. The van der Waals surface area contributed by atoms with Gasteiger partial charge in [0, 0.05) is 12.1 Å². The van der Waals surface area contributed by atoms with Crippen LogP contribution in [0, 0.1) is 16.0 Å². The molecule has 0 saturated heterocycles. The zero-order valence-electron chi connectivity index (χ0n) is 11.4. The molecule has 1 saturated carbocycles. The number of rotatable bonds is 4. The molecular formula is C14H18N2O4. The smallest absolute Gasteiger partial charge is 0.296 e. The molecule has 0 spiro atoms. The Morgan fingerprint density at radius 1 is 1.35 bits per heavy atom. The third-order valence-corrected chi connectivity index (χ3v) is 4.17. The first-order valence-corrected chi connectivity index (χ1v) is 7.02. The van der Waals surface area contributed by atoms with E-state index in [1.54, 1.807) is 6.07 Å². The lowest BCUT2D eigenvalue weighted by molar-refractivity contribution is -0.384. The summed E-state index contributed by atoms with van der Waals surface area (Å²) in [5, 5.41) is 14.5. The molecule has 0 aromatic heterocycles. The van der Waals surface area contributed by atoms with Crippen molar-refractivity contribution < 1.29 is 14.4 Å². The Labute approximate surface area is 117 Å². The second kappa shape index (κ2) is 5.19. The number of nitro groups is 1. The van der Waals surface area contributed by atoms with Crippen molar-refractivity contribution in [3.05, 3.63) is 22.2 Å². The van der Waals surface area contributed by atoms with Crippen LogP contribution in [0.5, 0.6) is 11.5 Å². The summed E-state index contributed by atoms with van der Waals surface area (Å²) in [5.41, 5.74) is 0.579. The molecule has 1 aliphatic carbocycles. The van der Waals surface area contributed by atoms with Crippen LogP contribution in [-0.4, -0.2) is 17.8 Å². The summed E-state index contributed by atoms with van der Waals surface area (Å²) in [6.07, 6.45) is 4.49. The van der Waals surface area contributed by atoms with Crippen molar-refractivity contribution in [3.8, 4) is 11.5 Å². The molecule has 20 heavy (non-hydrogen) atoms. The summed E-state index contributed by atoms with van der Waals surface area (Å²) in [6, 6.07) is 3.43. The second-order valence-corrected chi connectivity index (χ2v) is 5.41. The van der Waals surface area contributed by atoms with E-state index in [-0.39, 0.29) is 17.4 Å². The monoisotopic (exact) mass is 278 g/mol. The normalized spacial score (nSPS) is 23.9. The molecule has 1 aromatic carbocycles. The van der Waals surface area contributed by atoms with Crippen molar-refractivity contribution in [1.82, 2.24) is 0 Å². The zero-order valence-corrected chi connectivity index (χ0v) is 11.4. The number of benzene rings is 1. The molecule has 6 nitrogen and oxygen atoms in total. The van der Waals surface area contributed by atoms with Gasteiger partial charge in [0.2, 0.25) is 6.79 Å². The second-order valence-electron chi connectivity index (χ2n) is 5.41. The van der Waals surface area contributed by atoms with E-state index in [1.165, 1.54) is 18.9 Å². The van der Waals surface area contributed by atoms with E-state index in [4.69, 9.17) is 9.47 Å². The molecule has 1 N–H and O–H groups in total. The number of hydrogen-bond donors (Lipinski definition) is 1. The number of nitrogens with one attached hydrogen (secondary N) is 1. The molecule has 2 aliphatic rings. The number of hydrogen-bond acceptors (Lipinski definition) is 5. The summed E-state index contributed by atoms with van der Waals surface area (Å²) in [6.45, 7) is 2.31. The van der Waals surface area contributed by atoms with Gasteiger partial charge in [0.25, 0.3) is 5.69 Å². The van der Waals surface area contributed by atoms with Crippen molar-refractivity contribution in [3.63, 3.8) is 0 Å². The van der Waals surface area contributed by atoms with Crippen LogP contribution in [0.15, 0.2) is 12.1 Å². The van der Waals surface area contributed by atoms with Crippen molar-refractivity contribution in [1.29, 1.82) is 0 Å². The number of anilines is 1. The first kappa shape index (κ1) is 13.0. The average molecular weight is 278 g/mol. The number of nitrogens with zero attached hydrogens (tertiary/aromatic N) is 1.